The Morgan fingerprint density at radius 2 is 2.39 bits per heavy atom. The zero-order valence-corrected chi connectivity index (χ0v) is 9.48. The summed E-state index contributed by atoms with van der Waals surface area (Å²) in [5, 5.41) is 12.6. The first kappa shape index (κ1) is 10.9. The molecular formula is C12H11FN4O. The predicted octanol–water partition coefficient (Wildman–Crippen LogP) is 1.36. The largest absolute Gasteiger partial charge is 0.344 e. The van der Waals surface area contributed by atoms with Crippen LogP contribution in [0.5, 0.6) is 0 Å². The second-order valence-electron chi connectivity index (χ2n) is 4.26. The third-order valence-electron chi connectivity index (χ3n) is 3.14. The van der Waals surface area contributed by atoms with Gasteiger partial charge in [0.05, 0.1) is 12.2 Å². The van der Waals surface area contributed by atoms with Gasteiger partial charge in [0, 0.05) is 0 Å². The van der Waals surface area contributed by atoms with Crippen molar-refractivity contribution >= 4 is 5.91 Å². The molecule has 0 bridgehead atoms. The Kier molecular flexibility index (Phi) is 2.55. The number of benzene rings is 1. The minimum atomic E-state index is -0.272. The molecule has 92 valence electrons. The smallest absolute Gasteiger partial charge is 0.273 e. The molecule has 1 aromatic heterocycles. The summed E-state index contributed by atoms with van der Waals surface area (Å²) in [5.74, 6) is -0.511. The van der Waals surface area contributed by atoms with Gasteiger partial charge in [-0.3, -0.25) is 4.79 Å². The minimum absolute atomic E-state index is 0.0789. The second kappa shape index (κ2) is 4.21. The van der Waals surface area contributed by atoms with E-state index in [-0.39, 0.29) is 23.5 Å². The first-order valence-electron chi connectivity index (χ1n) is 5.69. The number of aromatic amines is 1. The van der Waals surface area contributed by atoms with E-state index in [9.17, 15) is 9.18 Å². The molecule has 1 amide bonds. The number of carbonyl (C=O) groups excluding carboxylic acids is 1. The van der Waals surface area contributed by atoms with Crippen molar-refractivity contribution in [2.75, 3.05) is 0 Å². The molecule has 2 N–H and O–H groups in total. The van der Waals surface area contributed by atoms with Gasteiger partial charge in [0.1, 0.15) is 5.82 Å². The van der Waals surface area contributed by atoms with Crippen LogP contribution >= 0.6 is 0 Å². The monoisotopic (exact) mass is 246 g/mol. The number of aromatic nitrogens is 3. The topological polar surface area (TPSA) is 70.7 Å². The first-order valence-corrected chi connectivity index (χ1v) is 5.69. The molecule has 0 spiro atoms. The lowest BCUT2D eigenvalue weighted by Gasteiger charge is -2.12. The number of amides is 1. The van der Waals surface area contributed by atoms with Crippen LogP contribution in [0, 0.1) is 5.82 Å². The highest BCUT2D eigenvalue weighted by atomic mass is 19.1. The van der Waals surface area contributed by atoms with Crippen LogP contribution in [0.25, 0.3) is 0 Å². The highest BCUT2D eigenvalue weighted by molar-refractivity contribution is 5.92. The van der Waals surface area contributed by atoms with Gasteiger partial charge in [-0.05, 0) is 36.1 Å². The Hall–Kier alpha value is -2.24. The van der Waals surface area contributed by atoms with E-state index in [4.69, 9.17) is 0 Å². The molecule has 5 nitrogen and oxygen atoms in total. The van der Waals surface area contributed by atoms with E-state index in [1.54, 1.807) is 6.07 Å². The standard InChI is InChI=1S/C12H11FN4O/c13-8-2-3-9-7(5-8)1-4-10(9)15-12(18)11-6-14-17-16-11/h2-3,5-6,10H,1,4H2,(H,15,18)(H,14,16,17). The van der Waals surface area contributed by atoms with Crippen molar-refractivity contribution in [3.63, 3.8) is 0 Å². The van der Waals surface area contributed by atoms with E-state index in [1.807, 2.05) is 0 Å². The van der Waals surface area contributed by atoms with Crippen LogP contribution in [-0.4, -0.2) is 21.3 Å². The van der Waals surface area contributed by atoms with Crippen LogP contribution in [0.2, 0.25) is 0 Å². The number of fused-ring (bicyclic) bond motifs is 1. The van der Waals surface area contributed by atoms with Crippen LogP contribution in [0.15, 0.2) is 24.4 Å². The molecule has 1 heterocycles. The fourth-order valence-electron chi connectivity index (χ4n) is 2.28. The molecular weight excluding hydrogens is 235 g/mol. The van der Waals surface area contributed by atoms with E-state index in [0.29, 0.717) is 0 Å². The number of H-pyrrole nitrogens is 1. The summed E-state index contributed by atoms with van der Waals surface area (Å²) in [6, 6.07) is 4.59. The average Bonchev–Trinajstić information content (AvgIpc) is 2.98. The van der Waals surface area contributed by atoms with Crippen molar-refractivity contribution in [2.45, 2.75) is 18.9 Å². The molecule has 0 radical (unpaired) electrons. The van der Waals surface area contributed by atoms with Crippen molar-refractivity contribution in [1.29, 1.82) is 0 Å². The van der Waals surface area contributed by atoms with Gasteiger partial charge in [0.25, 0.3) is 5.91 Å². The third-order valence-corrected chi connectivity index (χ3v) is 3.14. The molecule has 2 aromatic rings. The molecule has 6 heteroatoms. The van der Waals surface area contributed by atoms with Crippen molar-refractivity contribution in [3.05, 3.63) is 47.0 Å². The summed E-state index contributed by atoms with van der Waals surface area (Å²) in [7, 11) is 0. The summed E-state index contributed by atoms with van der Waals surface area (Å²) in [6.45, 7) is 0. The average molecular weight is 246 g/mol. The van der Waals surface area contributed by atoms with Gasteiger partial charge in [-0.25, -0.2) is 4.39 Å². The number of hydrogen-bond acceptors (Lipinski definition) is 3. The predicted molar refractivity (Wildman–Crippen MR) is 61.3 cm³/mol. The Morgan fingerprint density at radius 3 is 3.17 bits per heavy atom. The maximum Gasteiger partial charge on any atom is 0.273 e. The molecule has 1 aromatic carbocycles. The molecule has 0 saturated heterocycles. The summed E-state index contributed by atoms with van der Waals surface area (Å²) in [5.41, 5.74) is 2.19. The van der Waals surface area contributed by atoms with E-state index >= 15 is 0 Å². The molecule has 0 fully saturated rings. The number of aryl methyl sites for hydroxylation is 1. The van der Waals surface area contributed by atoms with Crippen LogP contribution in [0.4, 0.5) is 4.39 Å². The minimum Gasteiger partial charge on any atom is -0.344 e. The quantitative estimate of drug-likeness (QED) is 0.840. The van der Waals surface area contributed by atoms with Gasteiger partial charge in [0.15, 0.2) is 5.69 Å². The lowest BCUT2D eigenvalue weighted by atomic mass is 10.1. The summed E-state index contributed by atoms with van der Waals surface area (Å²) >= 11 is 0. The van der Waals surface area contributed by atoms with E-state index < -0.39 is 0 Å². The summed E-state index contributed by atoms with van der Waals surface area (Å²) in [6.07, 6.45) is 2.93. The molecule has 3 rings (SSSR count). The fourth-order valence-corrected chi connectivity index (χ4v) is 2.28. The van der Waals surface area contributed by atoms with Crippen molar-refractivity contribution in [2.24, 2.45) is 0 Å². The number of hydrogen-bond donors (Lipinski definition) is 2. The fraction of sp³-hybridized carbons (Fsp3) is 0.250. The van der Waals surface area contributed by atoms with Gasteiger partial charge in [-0.2, -0.15) is 15.4 Å². The molecule has 1 atom stereocenters. The van der Waals surface area contributed by atoms with Crippen molar-refractivity contribution < 1.29 is 9.18 Å². The van der Waals surface area contributed by atoms with Gasteiger partial charge in [0.2, 0.25) is 0 Å². The molecule has 0 saturated carbocycles. The lowest BCUT2D eigenvalue weighted by Crippen LogP contribution is -2.27. The van der Waals surface area contributed by atoms with Crippen LogP contribution in [0.3, 0.4) is 0 Å². The number of nitrogens with one attached hydrogen (secondary N) is 2. The Balaban J connectivity index is 1.79. The van der Waals surface area contributed by atoms with Crippen LogP contribution in [-0.2, 0) is 6.42 Å². The first-order chi connectivity index (χ1) is 8.74. The summed E-state index contributed by atoms with van der Waals surface area (Å²) < 4.78 is 13.1. The van der Waals surface area contributed by atoms with Crippen molar-refractivity contribution in [3.8, 4) is 0 Å². The van der Waals surface area contributed by atoms with Crippen LogP contribution < -0.4 is 5.32 Å². The Bertz CT molecular complexity index is 582. The molecule has 1 unspecified atom stereocenters. The lowest BCUT2D eigenvalue weighted by molar-refractivity contribution is 0.0931. The Labute approximate surface area is 102 Å². The van der Waals surface area contributed by atoms with E-state index in [2.05, 4.69) is 20.7 Å². The van der Waals surface area contributed by atoms with E-state index in [0.717, 1.165) is 24.0 Å². The van der Waals surface area contributed by atoms with Crippen LogP contribution in [0.1, 0.15) is 34.1 Å². The van der Waals surface area contributed by atoms with Gasteiger partial charge < -0.3 is 5.32 Å². The van der Waals surface area contributed by atoms with Crippen molar-refractivity contribution in [1.82, 2.24) is 20.7 Å². The second-order valence-corrected chi connectivity index (χ2v) is 4.26. The highest BCUT2D eigenvalue weighted by Gasteiger charge is 2.25. The normalized spacial score (nSPS) is 17.5. The number of carbonyl (C=O) groups is 1. The zero-order chi connectivity index (χ0) is 12.5. The SMILES string of the molecule is O=C(NC1CCc2cc(F)ccc21)c1cn[nH]n1. The zero-order valence-electron chi connectivity index (χ0n) is 9.48. The molecule has 0 aliphatic heterocycles. The molecule has 1 aliphatic carbocycles. The third kappa shape index (κ3) is 1.85. The number of halogens is 1. The number of nitrogens with zero attached hydrogens (tertiary/aromatic N) is 2. The molecule has 18 heavy (non-hydrogen) atoms. The van der Waals surface area contributed by atoms with Gasteiger partial charge in [-0.1, -0.05) is 6.07 Å². The molecule has 1 aliphatic rings. The number of rotatable bonds is 2. The maximum atomic E-state index is 13.1. The maximum absolute atomic E-state index is 13.1. The highest BCUT2D eigenvalue weighted by Crippen LogP contribution is 2.31. The van der Waals surface area contributed by atoms with Gasteiger partial charge >= 0.3 is 0 Å². The summed E-state index contributed by atoms with van der Waals surface area (Å²) in [4.78, 5) is 11.8. The van der Waals surface area contributed by atoms with E-state index in [1.165, 1.54) is 18.3 Å². The Morgan fingerprint density at radius 1 is 1.50 bits per heavy atom. The van der Waals surface area contributed by atoms with Gasteiger partial charge in [-0.15, -0.1) is 0 Å².